The van der Waals surface area contributed by atoms with Crippen LogP contribution in [0.1, 0.15) is 19.3 Å². The lowest BCUT2D eigenvalue weighted by Gasteiger charge is -2.13. The Labute approximate surface area is 71.0 Å². The lowest BCUT2D eigenvalue weighted by molar-refractivity contribution is 0.223. The molecule has 0 unspecified atom stereocenters. The fourth-order valence-electron chi connectivity index (χ4n) is 1.30. The van der Waals surface area contributed by atoms with Crippen LogP contribution in [-0.2, 0) is 0 Å². The van der Waals surface area contributed by atoms with Gasteiger partial charge in [-0.1, -0.05) is 0 Å². The van der Waals surface area contributed by atoms with Crippen molar-refractivity contribution in [3.05, 3.63) is 0 Å². The number of rotatable bonds is 1. The molecule has 0 aromatic heterocycles. The number of nitriles is 1. The smallest absolute Gasteiger partial charge is 0.105 e. The van der Waals surface area contributed by atoms with Crippen molar-refractivity contribution in [2.75, 3.05) is 11.5 Å². The van der Waals surface area contributed by atoms with Gasteiger partial charge >= 0.3 is 0 Å². The zero-order chi connectivity index (χ0) is 8.10. The Hall–Kier alpha value is -0.230. The molecule has 0 aliphatic carbocycles. The molecular weight excluding hydrogens is 161 g/mol. The standard InChI is InChI=1S/C8H12FNS/c9-8-3-6-11-5-2-7(8)1-4-10/h7-8H,1-3,5-6H2/t7-,8-/m1/s1. The summed E-state index contributed by atoms with van der Waals surface area (Å²) >= 11 is 1.80. The zero-order valence-electron chi connectivity index (χ0n) is 6.42. The highest BCUT2D eigenvalue weighted by Gasteiger charge is 2.22. The molecule has 1 saturated heterocycles. The van der Waals surface area contributed by atoms with Crippen molar-refractivity contribution in [1.82, 2.24) is 0 Å². The predicted molar refractivity (Wildman–Crippen MR) is 45.2 cm³/mol. The van der Waals surface area contributed by atoms with Gasteiger partial charge in [-0.2, -0.15) is 17.0 Å². The van der Waals surface area contributed by atoms with Gasteiger partial charge in [0, 0.05) is 12.3 Å². The van der Waals surface area contributed by atoms with Crippen molar-refractivity contribution in [3.8, 4) is 6.07 Å². The fourth-order valence-corrected chi connectivity index (χ4v) is 2.36. The molecule has 0 aromatic carbocycles. The van der Waals surface area contributed by atoms with E-state index in [0.717, 1.165) is 17.9 Å². The second-order valence-corrected chi connectivity index (χ2v) is 4.05. The molecule has 1 rings (SSSR count). The van der Waals surface area contributed by atoms with Crippen molar-refractivity contribution in [2.45, 2.75) is 25.4 Å². The van der Waals surface area contributed by atoms with Gasteiger partial charge in [0.1, 0.15) is 6.17 Å². The van der Waals surface area contributed by atoms with E-state index < -0.39 is 6.17 Å². The first-order valence-electron chi connectivity index (χ1n) is 3.93. The first-order chi connectivity index (χ1) is 5.34. The third-order valence-corrected chi connectivity index (χ3v) is 3.08. The third kappa shape index (κ3) is 2.70. The van der Waals surface area contributed by atoms with Gasteiger partial charge in [0.05, 0.1) is 6.07 Å². The summed E-state index contributed by atoms with van der Waals surface area (Å²) in [6.07, 6.45) is 1.17. The molecular formula is C8H12FNS. The van der Waals surface area contributed by atoms with E-state index in [4.69, 9.17) is 5.26 Å². The average Bonchev–Trinajstić information content (AvgIpc) is 2.18. The van der Waals surface area contributed by atoms with E-state index in [1.54, 1.807) is 11.8 Å². The SMILES string of the molecule is N#CC[C@@H]1CCSCC[C@H]1F. The molecule has 0 N–H and O–H groups in total. The van der Waals surface area contributed by atoms with E-state index in [-0.39, 0.29) is 5.92 Å². The van der Waals surface area contributed by atoms with E-state index in [1.807, 2.05) is 6.07 Å². The Morgan fingerprint density at radius 2 is 2.18 bits per heavy atom. The molecule has 1 aliphatic heterocycles. The molecule has 62 valence electrons. The van der Waals surface area contributed by atoms with Crippen LogP contribution in [0.4, 0.5) is 4.39 Å². The maximum Gasteiger partial charge on any atom is 0.105 e. The van der Waals surface area contributed by atoms with Gasteiger partial charge < -0.3 is 0 Å². The molecule has 2 atom stereocenters. The van der Waals surface area contributed by atoms with Gasteiger partial charge in [-0.05, 0) is 24.3 Å². The molecule has 0 amide bonds. The van der Waals surface area contributed by atoms with E-state index in [1.165, 1.54) is 0 Å². The van der Waals surface area contributed by atoms with Crippen molar-refractivity contribution in [3.63, 3.8) is 0 Å². The summed E-state index contributed by atoms with van der Waals surface area (Å²) in [7, 11) is 0. The minimum atomic E-state index is -0.732. The first-order valence-corrected chi connectivity index (χ1v) is 5.09. The van der Waals surface area contributed by atoms with E-state index >= 15 is 0 Å². The fraction of sp³-hybridized carbons (Fsp3) is 0.875. The molecule has 1 aliphatic rings. The summed E-state index contributed by atoms with van der Waals surface area (Å²) in [6.45, 7) is 0. The highest BCUT2D eigenvalue weighted by atomic mass is 32.2. The summed E-state index contributed by atoms with van der Waals surface area (Å²) < 4.78 is 13.1. The largest absolute Gasteiger partial charge is 0.247 e. The molecule has 0 bridgehead atoms. The van der Waals surface area contributed by atoms with Gasteiger partial charge in [-0.25, -0.2) is 4.39 Å². The minimum absolute atomic E-state index is 0.00926. The Morgan fingerprint density at radius 1 is 1.45 bits per heavy atom. The second kappa shape index (κ2) is 4.61. The van der Waals surface area contributed by atoms with E-state index in [2.05, 4.69) is 0 Å². The summed E-state index contributed by atoms with van der Waals surface area (Å²) in [6, 6.07) is 2.05. The van der Waals surface area contributed by atoms with E-state index in [9.17, 15) is 4.39 Å². The van der Waals surface area contributed by atoms with Crippen LogP contribution >= 0.6 is 11.8 Å². The Balaban J connectivity index is 2.40. The molecule has 0 saturated carbocycles. The monoisotopic (exact) mass is 173 g/mol. The first kappa shape index (κ1) is 8.86. The Bertz CT molecular complexity index is 155. The highest BCUT2D eigenvalue weighted by Crippen LogP contribution is 2.26. The molecule has 11 heavy (non-hydrogen) atoms. The summed E-state index contributed by atoms with van der Waals surface area (Å²) in [5.74, 6) is 1.95. The Kier molecular flexibility index (Phi) is 3.71. The number of nitrogens with zero attached hydrogens (tertiary/aromatic N) is 1. The van der Waals surface area contributed by atoms with E-state index in [0.29, 0.717) is 12.8 Å². The van der Waals surface area contributed by atoms with Crippen LogP contribution in [-0.4, -0.2) is 17.7 Å². The van der Waals surface area contributed by atoms with Crippen LogP contribution in [0.3, 0.4) is 0 Å². The molecule has 0 radical (unpaired) electrons. The van der Waals surface area contributed by atoms with Crippen LogP contribution in [0.5, 0.6) is 0 Å². The van der Waals surface area contributed by atoms with Crippen molar-refractivity contribution >= 4 is 11.8 Å². The van der Waals surface area contributed by atoms with Gasteiger partial charge in [-0.3, -0.25) is 0 Å². The summed E-state index contributed by atoms with van der Waals surface area (Å²) in [4.78, 5) is 0. The molecule has 3 heteroatoms. The average molecular weight is 173 g/mol. The second-order valence-electron chi connectivity index (χ2n) is 2.83. The van der Waals surface area contributed by atoms with Crippen LogP contribution in [0.2, 0.25) is 0 Å². The Morgan fingerprint density at radius 3 is 2.91 bits per heavy atom. The lowest BCUT2D eigenvalue weighted by Crippen LogP contribution is -2.14. The van der Waals surface area contributed by atoms with Gasteiger partial charge in [-0.15, -0.1) is 0 Å². The lowest BCUT2D eigenvalue weighted by atomic mass is 9.96. The van der Waals surface area contributed by atoms with Crippen LogP contribution < -0.4 is 0 Å². The predicted octanol–water partition coefficient (Wildman–Crippen LogP) is 2.38. The number of hydrogen-bond acceptors (Lipinski definition) is 2. The maximum atomic E-state index is 13.1. The number of alkyl halides is 1. The van der Waals surface area contributed by atoms with Gasteiger partial charge in [0.15, 0.2) is 0 Å². The topological polar surface area (TPSA) is 23.8 Å². The summed E-state index contributed by atoms with van der Waals surface area (Å²) in [5.41, 5.74) is 0. The van der Waals surface area contributed by atoms with Gasteiger partial charge in [0.25, 0.3) is 0 Å². The number of hydrogen-bond donors (Lipinski definition) is 0. The van der Waals surface area contributed by atoms with Crippen molar-refractivity contribution < 1.29 is 4.39 Å². The van der Waals surface area contributed by atoms with Crippen molar-refractivity contribution in [1.29, 1.82) is 5.26 Å². The molecule has 0 spiro atoms. The third-order valence-electron chi connectivity index (χ3n) is 2.04. The van der Waals surface area contributed by atoms with Crippen LogP contribution in [0.25, 0.3) is 0 Å². The zero-order valence-corrected chi connectivity index (χ0v) is 7.24. The maximum absolute atomic E-state index is 13.1. The quantitative estimate of drug-likeness (QED) is 0.608. The number of thioether (sulfide) groups is 1. The highest BCUT2D eigenvalue weighted by molar-refractivity contribution is 7.99. The molecule has 1 nitrogen and oxygen atoms in total. The van der Waals surface area contributed by atoms with Crippen LogP contribution in [0.15, 0.2) is 0 Å². The van der Waals surface area contributed by atoms with Crippen molar-refractivity contribution in [2.24, 2.45) is 5.92 Å². The summed E-state index contributed by atoms with van der Waals surface area (Å²) in [5, 5.41) is 8.40. The molecule has 0 aromatic rings. The number of halogens is 1. The van der Waals surface area contributed by atoms with Crippen LogP contribution in [0, 0.1) is 17.2 Å². The van der Waals surface area contributed by atoms with Gasteiger partial charge in [0.2, 0.25) is 0 Å². The normalized spacial score (nSPS) is 32.4. The minimum Gasteiger partial charge on any atom is -0.247 e. The molecule has 1 fully saturated rings. The molecule has 1 heterocycles.